The fourth-order valence-corrected chi connectivity index (χ4v) is 3.45. The van der Waals surface area contributed by atoms with Gasteiger partial charge in [0.15, 0.2) is 0 Å². The van der Waals surface area contributed by atoms with Gasteiger partial charge >= 0.3 is 0 Å². The second-order valence-electron chi connectivity index (χ2n) is 6.09. The van der Waals surface area contributed by atoms with E-state index in [4.69, 9.17) is 16.1 Å². The molecule has 1 unspecified atom stereocenters. The van der Waals surface area contributed by atoms with Gasteiger partial charge in [0, 0.05) is 36.3 Å². The number of nitrogens with zero attached hydrogens (tertiary/aromatic N) is 3. The zero-order valence-corrected chi connectivity index (χ0v) is 15.7. The average molecular weight is 391 g/mol. The summed E-state index contributed by atoms with van der Waals surface area (Å²) in [6.07, 6.45) is 0. The lowest BCUT2D eigenvalue weighted by Gasteiger charge is -2.35. The molecule has 0 amide bonds. The predicted octanol–water partition coefficient (Wildman–Crippen LogP) is 3.96. The molecule has 1 aliphatic rings. The SMILES string of the molecule is Cl.Clc1ccccc1C1CNCCN1Cc1nc(-c2ccccc2)no1. The molecule has 136 valence electrons. The average Bonchev–Trinajstić information content (AvgIpc) is 3.12. The van der Waals surface area contributed by atoms with Gasteiger partial charge in [0.1, 0.15) is 0 Å². The Labute approximate surface area is 163 Å². The van der Waals surface area contributed by atoms with E-state index in [1.54, 1.807) is 0 Å². The summed E-state index contributed by atoms with van der Waals surface area (Å²) in [5.41, 5.74) is 2.08. The van der Waals surface area contributed by atoms with Gasteiger partial charge in [-0.2, -0.15) is 4.98 Å². The molecule has 4 rings (SSSR count). The van der Waals surface area contributed by atoms with Crippen LogP contribution in [0.25, 0.3) is 11.4 Å². The zero-order chi connectivity index (χ0) is 17.1. The first-order valence-electron chi connectivity index (χ1n) is 8.38. The largest absolute Gasteiger partial charge is 0.338 e. The number of hydrogen-bond acceptors (Lipinski definition) is 5. The Morgan fingerprint density at radius 3 is 2.69 bits per heavy atom. The van der Waals surface area contributed by atoms with Gasteiger partial charge in [0.2, 0.25) is 11.7 Å². The Balaban J connectivity index is 0.00000196. The highest BCUT2D eigenvalue weighted by Crippen LogP contribution is 2.29. The molecule has 5 nitrogen and oxygen atoms in total. The van der Waals surface area contributed by atoms with Crippen molar-refractivity contribution in [2.24, 2.45) is 0 Å². The van der Waals surface area contributed by atoms with E-state index < -0.39 is 0 Å². The molecule has 0 saturated carbocycles. The van der Waals surface area contributed by atoms with Crippen LogP contribution in [0.2, 0.25) is 5.02 Å². The van der Waals surface area contributed by atoms with Crippen molar-refractivity contribution in [1.29, 1.82) is 0 Å². The third-order valence-corrected chi connectivity index (χ3v) is 4.80. The van der Waals surface area contributed by atoms with Crippen LogP contribution in [0.3, 0.4) is 0 Å². The number of nitrogens with one attached hydrogen (secondary N) is 1. The van der Waals surface area contributed by atoms with E-state index in [-0.39, 0.29) is 18.4 Å². The van der Waals surface area contributed by atoms with Crippen LogP contribution in [-0.2, 0) is 6.54 Å². The maximum Gasteiger partial charge on any atom is 0.241 e. The standard InChI is InChI=1S/C19H19ClN4O.ClH/c20-16-9-5-4-8-15(16)17-12-21-10-11-24(17)13-18-22-19(23-25-18)14-6-2-1-3-7-14;/h1-9,17,21H,10-13H2;1H. The van der Waals surface area contributed by atoms with E-state index >= 15 is 0 Å². The fourth-order valence-electron chi connectivity index (χ4n) is 3.18. The van der Waals surface area contributed by atoms with Crippen LogP contribution in [0.5, 0.6) is 0 Å². The molecule has 1 saturated heterocycles. The number of hydrogen-bond donors (Lipinski definition) is 1. The monoisotopic (exact) mass is 390 g/mol. The van der Waals surface area contributed by atoms with Gasteiger partial charge in [0.25, 0.3) is 0 Å². The lowest BCUT2D eigenvalue weighted by atomic mass is 10.0. The van der Waals surface area contributed by atoms with Crippen molar-refractivity contribution in [2.45, 2.75) is 12.6 Å². The molecule has 1 atom stereocenters. The lowest BCUT2D eigenvalue weighted by molar-refractivity contribution is 0.136. The van der Waals surface area contributed by atoms with Crippen molar-refractivity contribution < 1.29 is 4.52 Å². The van der Waals surface area contributed by atoms with E-state index in [2.05, 4.69) is 26.4 Å². The summed E-state index contributed by atoms with van der Waals surface area (Å²) in [6.45, 7) is 3.29. The highest BCUT2D eigenvalue weighted by atomic mass is 35.5. The number of aromatic nitrogens is 2. The Bertz CT molecular complexity index is 840. The Kier molecular flexibility index (Phi) is 6.27. The number of halogens is 2. The predicted molar refractivity (Wildman–Crippen MR) is 104 cm³/mol. The molecule has 0 spiro atoms. The van der Waals surface area contributed by atoms with Gasteiger partial charge < -0.3 is 9.84 Å². The normalized spacial score (nSPS) is 17.7. The minimum absolute atomic E-state index is 0. The fraction of sp³-hybridized carbons (Fsp3) is 0.263. The second-order valence-corrected chi connectivity index (χ2v) is 6.50. The van der Waals surface area contributed by atoms with Crippen LogP contribution < -0.4 is 5.32 Å². The highest BCUT2D eigenvalue weighted by molar-refractivity contribution is 6.31. The number of piperazine rings is 1. The summed E-state index contributed by atoms with van der Waals surface area (Å²) < 4.78 is 5.48. The zero-order valence-electron chi connectivity index (χ0n) is 14.1. The van der Waals surface area contributed by atoms with Crippen LogP contribution >= 0.6 is 24.0 Å². The van der Waals surface area contributed by atoms with Gasteiger partial charge in [-0.1, -0.05) is 65.3 Å². The van der Waals surface area contributed by atoms with Crippen molar-refractivity contribution in [3.8, 4) is 11.4 Å². The molecule has 7 heteroatoms. The Hall–Kier alpha value is -1.92. The van der Waals surface area contributed by atoms with Gasteiger partial charge in [-0.25, -0.2) is 0 Å². The summed E-state index contributed by atoms with van der Waals surface area (Å²) in [4.78, 5) is 6.89. The smallest absolute Gasteiger partial charge is 0.241 e. The van der Waals surface area contributed by atoms with Gasteiger partial charge in [-0.05, 0) is 11.6 Å². The number of benzene rings is 2. The summed E-state index contributed by atoms with van der Waals surface area (Å²) in [5, 5.41) is 8.34. The topological polar surface area (TPSA) is 54.2 Å². The van der Waals surface area contributed by atoms with Gasteiger partial charge in [-0.15, -0.1) is 12.4 Å². The van der Waals surface area contributed by atoms with Crippen LogP contribution in [0.4, 0.5) is 0 Å². The van der Waals surface area contributed by atoms with Crippen molar-refractivity contribution in [3.63, 3.8) is 0 Å². The van der Waals surface area contributed by atoms with E-state index in [0.29, 0.717) is 18.3 Å². The first-order valence-corrected chi connectivity index (χ1v) is 8.76. The first kappa shape index (κ1) is 18.9. The van der Waals surface area contributed by atoms with Crippen molar-refractivity contribution >= 4 is 24.0 Å². The Morgan fingerprint density at radius 1 is 1.12 bits per heavy atom. The minimum atomic E-state index is 0. The van der Waals surface area contributed by atoms with E-state index in [9.17, 15) is 0 Å². The third-order valence-electron chi connectivity index (χ3n) is 4.46. The molecule has 1 aromatic heterocycles. The van der Waals surface area contributed by atoms with E-state index in [1.807, 2.05) is 48.5 Å². The van der Waals surface area contributed by atoms with Crippen LogP contribution in [0, 0.1) is 0 Å². The molecule has 26 heavy (non-hydrogen) atoms. The van der Waals surface area contributed by atoms with Crippen molar-refractivity contribution in [1.82, 2.24) is 20.4 Å². The molecule has 2 aromatic carbocycles. The van der Waals surface area contributed by atoms with Crippen LogP contribution in [0.1, 0.15) is 17.5 Å². The molecule has 0 aliphatic carbocycles. The Morgan fingerprint density at radius 2 is 1.88 bits per heavy atom. The molecular formula is C19H20Cl2N4O. The van der Waals surface area contributed by atoms with Crippen molar-refractivity contribution in [3.05, 3.63) is 71.1 Å². The molecule has 1 aliphatic heterocycles. The maximum atomic E-state index is 6.40. The molecule has 1 N–H and O–H groups in total. The minimum Gasteiger partial charge on any atom is -0.338 e. The number of rotatable bonds is 4. The molecule has 2 heterocycles. The summed E-state index contributed by atoms with van der Waals surface area (Å²) >= 11 is 6.40. The summed E-state index contributed by atoms with van der Waals surface area (Å²) in [5.74, 6) is 1.25. The van der Waals surface area contributed by atoms with Crippen molar-refractivity contribution in [2.75, 3.05) is 19.6 Å². The van der Waals surface area contributed by atoms with E-state index in [1.165, 1.54) is 0 Å². The lowest BCUT2D eigenvalue weighted by Crippen LogP contribution is -2.45. The van der Waals surface area contributed by atoms with Gasteiger partial charge in [0.05, 0.1) is 6.54 Å². The molecule has 3 aromatic rings. The maximum absolute atomic E-state index is 6.40. The van der Waals surface area contributed by atoms with Gasteiger partial charge in [-0.3, -0.25) is 4.90 Å². The first-order chi connectivity index (χ1) is 12.3. The quantitative estimate of drug-likeness (QED) is 0.730. The molecule has 0 radical (unpaired) electrons. The van der Waals surface area contributed by atoms with Crippen LogP contribution in [0.15, 0.2) is 59.1 Å². The summed E-state index contributed by atoms with van der Waals surface area (Å²) in [6, 6.07) is 18.0. The molecule has 1 fully saturated rings. The highest BCUT2D eigenvalue weighted by Gasteiger charge is 2.27. The second kappa shape index (κ2) is 8.64. The third kappa shape index (κ3) is 4.07. The summed E-state index contributed by atoms with van der Waals surface area (Å²) in [7, 11) is 0. The van der Waals surface area contributed by atoms with E-state index in [0.717, 1.165) is 35.8 Å². The molecular weight excluding hydrogens is 371 g/mol. The van der Waals surface area contributed by atoms with Crippen LogP contribution in [-0.4, -0.2) is 34.7 Å². The molecule has 0 bridgehead atoms.